The zero-order valence-corrected chi connectivity index (χ0v) is 13.4. The first-order valence-corrected chi connectivity index (χ1v) is 8.15. The predicted octanol–water partition coefficient (Wildman–Crippen LogP) is 3.36. The molecule has 1 saturated heterocycles. The molecule has 2 atom stereocenters. The molecule has 0 saturated carbocycles. The summed E-state index contributed by atoms with van der Waals surface area (Å²) in [6.07, 6.45) is 2.15. The van der Waals surface area contributed by atoms with Gasteiger partial charge in [-0.25, -0.2) is 0 Å². The van der Waals surface area contributed by atoms with Gasteiger partial charge in [0.25, 0.3) is 0 Å². The quantitative estimate of drug-likeness (QED) is 0.938. The maximum absolute atomic E-state index is 12.7. The Morgan fingerprint density at radius 2 is 2.05 bits per heavy atom. The number of nitrogens with one attached hydrogen (secondary N) is 1. The van der Waals surface area contributed by atoms with Gasteiger partial charge < -0.3 is 10.2 Å². The van der Waals surface area contributed by atoms with Crippen molar-refractivity contribution in [3.63, 3.8) is 0 Å². The highest BCUT2D eigenvalue weighted by molar-refractivity contribution is 5.87. The fourth-order valence-electron chi connectivity index (χ4n) is 3.57. The third-order valence-corrected chi connectivity index (χ3v) is 4.65. The minimum Gasteiger partial charge on any atom is -0.335 e. The molecule has 3 rings (SSSR count). The first-order chi connectivity index (χ1) is 10.7. The van der Waals surface area contributed by atoms with Crippen LogP contribution in [0.1, 0.15) is 31.4 Å². The Balaban J connectivity index is 1.94. The highest BCUT2D eigenvalue weighted by Crippen LogP contribution is 2.36. The van der Waals surface area contributed by atoms with Crippen LogP contribution in [0.25, 0.3) is 10.8 Å². The standard InChI is InChI=1S/C19H24N2O/c1-14(13-20-2)19(22)21-12-6-11-18(21)17-10-5-8-15-7-3-4-9-16(15)17/h3-5,7-10,14,18,20H,6,11-13H2,1-2H3. The Bertz CT molecular complexity index is 662. The number of nitrogens with zero attached hydrogens (tertiary/aromatic N) is 1. The van der Waals surface area contributed by atoms with Gasteiger partial charge in [-0.3, -0.25) is 4.79 Å². The summed E-state index contributed by atoms with van der Waals surface area (Å²) in [7, 11) is 1.90. The van der Waals surface area contributed by atoms with Crippen molar-refractivity contribution in [2.24, 2.45) is 5.92 Å². The SMILES string of the molecule is CNCC(C)C(=O)N1CCCC1c1cccc2ccccc12. The van der Waals surface area contributed by atoms with Gasteiger partial charge in [0.15, 0.2) is 0 Å². The number of carbonyl (C=O) groups excluding carboxylic acids is 1. The van der Waals surface area contributed by atoms with E-state index in [1.807, 2.05) is 14.0 Å². The topological polar surface area (TPSA) is 32.3 Å². The van der Waals surface area contributed by atoms with E-state index in [0.29, 0.717) is 0 Å². The number of likely N-dealkylation sites (tertiary alicyclic amines) is 1. The van der Waals surface area contributed by atoms with Gasteiger partial charge in [0.2, 0.25) is 5.91 Å². The van der Waals surface area contributed by atoms with Crippen LogP contribution in [-0.4, -0.2) is 30.9 Å². The van der Waals surface area contributed by atoms with Crippen molar-refractivity contribution in [1.29, 1.82) is 0 Å². The highest BCUT2D eigenvalue weighted by Gasteiger charge is 2.32. The maximum atomic E-state index is 12.7. The van der Waals surface area contributed by atoms with Gasteiger partial charge in [0.05, 0.1) is 6.04 Å². The fraction of sp³-hybridized carbons (Fsp3) is 0.421. The van der Waals surface area contributed by atoms with Crippen molar-refractivity contribution < 1.29 is 4.79 Å². The molecule has 3 nitrogen and oxygen atoms in total. The van der Waals surface area contributed by atoms with E-state index in [1.54, 1.807) is 0 Å². The molecule has 1 fully saturated rings. The molecule has 0 aliphatic carbocycles. The van der Waals surface area contributed by atoms with E-state index in [4.69, 9.17) is 0 Å². The molecule has 0 radical (unpaired) electrons. The number of amides is 1. The van der Waals surface area contributed by atoms with Crippen LogP contribution >= 0.6 is 0 Å². The van der Waals surface area contributed by atoms with Crippen LogP contribution in [0.2, 0.25) is 0 Å². The van der Waals surface area contributed by atoms with Crippen LogP contribution < -0.4 is 5.32 Å². The van der Waals surface area contributed by atoms with Gasteiger partial charge in [0.1, 0.15) is 0 Å². The van der Waals surface area contributed by atoms with Crippen LogP contribution in [0.3, 0.4) is 0 Å². The van der Waals surface area contributed by atoms with Gasteiger partial charge in [-0.2, -0.15) is 0 Å². The first-order valence-electron chi connectivity index (χ1n) is 8.15. The van der Waals surface area contributed by atoms with Gasteiger partial charge in [0, 0.05) is 19.0 Å². The minimum atomic E-state index is 0.0283. The van der Waals surface area contributed by atoms with E-state index >= 15 is 0 Å². The van der Waals surface area contributed by atoms with E-state index in [0.717, 1.165) is 25.9 Å². The van der Waals surface area contributed by atoms with Gasteiger partial charge in [-0.15, -0.1) is 0 Å². The molecule has 1 aliphatic rings. The van der Waals surface area contributed by atoms with Crippen LogP contribution in [-0.2, 0) is 4.79 Å². The Morgan fingerprint density at radius 1 is 1.27 bits per heavy atom. The average Bonchev–Trinajstić information content (AvgIpc) is 3.03. The fourth-order valence-corrected chi connectivity index (χ4v) is 3.57. The molecular weight excluding hydrogens is 272 g/mol. The van der Waals surface area contributed by atoms with Gasteiger partial charge in [-0.05, 0) is 36.2 Å². The van der Waals surface area contributed by atoms with Gasteiger partial charge in [-0.1, -0.05) is 49.4 Å². The van der Waals surface area contributed by atoms with Crippen LogP contribution in [0.5, 0.6) is 0 Å². The molecule has 1 aliphatic heterocycles. The van der Waals surface area contributed by atoms with Crippen molar-refractivity contribution in [2.45, 2.75) is 25.8 Å². The summed E-state index contributed by atoms with van der Waals surface area (Å²) in [6.45, 7) is 3.62. The Hall–Kier alpha value is -1.87. The Morgan fingerprint density at radius 3 is 2.86 bits per heavy atom. The van der Waals surface area contributed by atoms with Crippen molar-refractivity contribution in [3.8, 4) is 0 Å². The van der Waals surface area contributed by atoms with E-state index in [9.17, 15) is 4.79 Å². The summed E-state index contributed by atoms with van der Waals surface area (Å²) in [6, 6.07) is 15.1. The summed E-state index contributed by atoms with van der Waals surface area (Å²) in [5, 5.41) is 5.63. The molecule has 0 aromatic heterocycles. The zero-order valence-electron chi connectivity index (χ0n) is 13.4. The molecule has 22 heavy (non-hydrogen) atoms. The van der Waals surface area contributed by atoms with E-state index in [2.05, 4.69) is 52.7 Å². The lowest BCUT2D eigenvalue weighted by Gasteiger charge is -2.28. The monoisotopic (exact) mass is 296 g/mol. The summed E-state index contributed by atoms with van der Waals surface area (Å²) >= 11 is 0. The van der Waals surface area contributed by atoms with Crippen molar-refractivity contribution in [2.75, 3.05) is 20.1 Å². The molecule has 2 aromatic rings. The maximum Gasteiger partial charge on any atom is 0.227 e. The Kier molecular flexibility index (Phi) is 4.44. The minimum absolute atomic E-state index is 0.0283. The number of benzene rings is 2. The van der Waals surface area contributed by atoms with Gasteiger partial charge >= 0.3 is 0 Å². The summed E-state index contributed by atoms with van der Waals surface area (Å²) in [5.41, 5.74) is 1.29. The molecule has 116 valence electrons. The van der Waals surface area contributed by atoms with Crippen LogP contribution in [0.4, 0.5) is 0 Å². The van der Waals surface area contributed by atoms with E-state index < -0.39 is 0 Å². The molecule has 1 amide bonds. The zero-order chi connectivity index (χ0) is 15.5. The molecule has 2 aromatic carbocycles. The lowest BCUT2D eigenvalue weighted by Crippen LogP contribution is -2.38. The van der Waals surface area contributed by atoms with Crippen molar-refractivity contribution in [3.05, 3.63) is 48.0 Å². The normalized spacial score (nSPS) is 19.5. The molecule has 3 heteroatoms. The number of hydrogen-bond donors (Lipinski definition) is 1. The number of fused-ring (bicyclic) bond motifs is 1. The lowest BCUT2D eigenvalue weighted by molar-refractivity contribution is -0.135. The lowest BCUT2D eigenvalue weighted by atomic mass is 9.96. The second-order valence-electron chi connectivity index (χ2n) is 6.22. The van der Waals surface area contributed by atoms with Crippen molar-refractivity contribution in [1.82, 2.24) is 10.2 Å². The summed E-state index contributed by atoms with van der Waals surface area (Å²) in [5.74, 6) is 0.297. The largest absolute Gasteiger partial charge is 0.335 e. The molecule has 1 heterocycles. The highest BCUT2D eigenvalue weighted by atomic mass is 16.2. The molecule has 2 unspecified atom stereocenters. The third-order valence-electron chi connectivity index (χ3n) is 4.65. The second-order valence-corrected chi connectivity index (χ2v) is 6.22. The van der Waals surface area contributed by atoms with E-state index in [-0.39, 0.29) is 17.9 Å². The number of rotatable bonds is 4. The molecule has 1 N–H and O–H groups in total. The van der Waals surface area contributed by atoms with Crippen LogP contribution in [0, 0.1) is 5.92 Å². The number of carbonyl (C=O) groups is 1. The summed E-state index contributed by atoms with van der Waals surface area (Å²) < 4.78 is 0. The molecule has 0 spiro atoms. The predicted molar refractivity (Wildman–Crippen MR) is 90.7 cm³/mol. The third kappa shape index (κ3) is 2.73. The molecule has 0 bridgehead atoms. The average molecular weight is 296 g/mol. The smallest absolute Gasteiger partial charge is 0.227 e. The van der Waals surface area contributed by atoms with Crippen molar-refractivity contribution >= 4 is 16.7 Å². The van der Waals surface area contributed by atoms with E-state index in [1.165, 1.54) is 16.3 Å². The number of hydrogen-bond acceptors (Lipinski definition) is 2. The summed E-state index contributed by atoms with van der Waals surface area (Å²) in [4.78, 5) is 14.8. The van der Waals surface area contributed by atoms with Crippen LogP contribution in [0.15, 0.2) is 42.5 Å². The first kappa shape index (κ1) is 15.0. The molecular formula is C19H24N2O. The second kappa shape index (κ2) is 6.49. The Labute approximate surface area is 132 Å².